The molecule has 8 nitrogen and oxygen atoms in total. The first-order chi connectivity index (χ1) is 15.6. The van der Waals surface area contributed by atoms with Gasteiger partial charge in [0.25, 0.3) is 5.91 Å². The van der Waals surface area contributed by atoms with Crippen LogP contribution in [0.5, 0.6) is 0 Å². The maximum Gasteiger partial charge on any atom is 0.414 e. The highest BCUT2D eigenvalue weighted by Crippen LogP contribution is 2.29. The van der Waals surface area contributed by atoms with Crippen molar-refractivity contribution in [1.82, 2.24) is 4.90 Å². The summed E-state index contributed by atoms with van der Waals surface area (Å²) >= 11 is 0. The second-order valence-corrected chi connectivity index (χ2v) is 10.8. The van der Waals surface area contributed by atoms with E-state index in [4.69, 9.17) is 4.74 Å². The van der Waals surface area contributed by atoms with Crippen LogP contribution in [0.3, 0.4) is 0 Å². The van der Waals surface area contributed by atoms with E-state index in [-0.39, 0.29) is 29.0 Å². The molecule has 0 N–H and O–H groups in total. The number of ether oxygens (including phenoxy) is 1. The summed E-state index contributed by atoms with van der Waals surface area (Å²) in [5.41, 5.74) is 4.08. The molecule has 33 heavy (non-hydrogen) atoms. The lowest BCUT2D eigenvalue weighted by atomic mass is 10.1. The summed E-state index contributed by atoms with van der Waals surface area (Å²) in [5.74, 6) is -0.321. The van der Waals surface area contributed by atoms with Crippen molar-refractivity contribution in [1.29, 1.82) is 0 Å². The summed E-state index contributed by atoms with van der Waals surface area (Å²) < 4.78 is 30.0. The van der Waals surface area contributed by atoms with Crippen molar-refractivity contribution in [3.63, 3.8) is 0 Å². The molecule has 9 heteroatoms. The molecular formula is C24H29N3O5S. The fourth-order valence-corrected chi connectivity index (χ4v) is 5.48. The number of hydrogen-bond donors (Lipinski definition) is 0. The normalized spacial score (nSPS) is 19.1. The number of aryl methyl sites for hydroxylation is 2. The summed E-state index contributed by atoms with van der Waals surface area (Å²) in [7, 11) is -3.70. The van der Waals surface area contributed by atoms with Gasteiger partial charge in [-0.05, 0) is 50.6 Å². The minimum absolute atomic E-state index is 0.0735. The quantitative estimate of drug-likeness (QED) is 0.681. The van der Waals surface area contributed by atoms with E-state index in [1.165, 1.54) is 28.2 Å². The molecule has 1 unspecified atom stereocenters. The minimum Gasteiger partial charge on any atom is -0.447 e. The highest BCUT2D eigenvalue weighted by atomic mass is 32.2. The number of benzene rings is 2. The Morgan fingerprint density at radius 1 is 1.06 bits per heavy atom. The topological polar surface area (TPSA) is 87.2 Å². The Hall–Kier alpha value is -3.07. The zero-order chi connectivity index (χ0) is 23.9. The van der Waals surface area contributed by atoms with Crippen LogP contribution in [0.2, 0.25) is 0 Å². The van der Waals surface area contributed by atoms with Crippen molar-refractivity contribution in [2.24, 2.45) is 0 Å². The highest BCUT2D eigenvalue weighted by Gasteiger charge is 2.32. The van der Waals surface area contributed by atoms with Gasteiger partial charge in [-0.2, -0.15) is 0 Å². The lowest BCUT2D eigenvalue weighted by Gasteiger charge is -2.42. The molecule has 0 saturated carbocycles. The van der Waals surface area contributed by atoms with Crippen LogP contribution in [-0.2, 0) is 14.6 Å². The SMILES string of the molecule is Cc1ccc(N2CCN(C(=O)c3ccc(N4CCOC4=O)cc3S(C)(=O)=O)CC2C)c(C)c1. The van der Waals surface area contributed by atoms with Crippen molar-refractivity contribution in [2.75, 3.05) is 48.8 Å². The van der Waals surface area contributed by atoms with Gasteiger partial charge in [0.05, 0.1) is 17.0 Å². The predicted molar refractivity (Wildman–Crippen MR) is 127 cm³/mol. The van der Waals surface area contributed by atoms with Crippen LogP contribution in [0.4, 0.5) is 16.2 Å². The van der Waals surface area contributed by atoms with E-state index < -0.39 is 15.9 Å². The maximum atomic E-state index is 13.4. The van der Waals surface area contributed by atoms with Gasteiger partial charge >= 0.3 is 6.09 Å². The van der Waals surface area contributed by atoms with E-state index in [9.17, 15) is 18.0 Å². The molecule has 2 amide bonds. The predicted octanol–water partition coefficient (Wildman–Crippen LogP) is 3.01. The monoisotopic (exact) mass is 471 g/mol. The molecule has 2 aromatic carbocycles. The highest BCUT2D eigenvalue weighted by molar-refractivity contribution is 7.90. The summed E-state index contributed by atoms with van der Waals surface area (Å²) in [6.07, 6.45) is 0.552. The first-order valence-electron chi connectivity index (χ1n) is 11.0. The Kier molecular flexibility index (Phi) is 6.09. The number of cyclic esters (lactones) is 1. The van der Waals surface area contributed by atoms with Crippen molar-refractivity contribution in [3.05, 3.63) is 53.1 Å². The van der Waals surface area contributed by atoms with E-state index in [0.29, 0.717) is 31.9 Å². The third kappa shape index (κ3) is 4.55. The van der Waals surface area contributed by atoms with Crippen molar-refractivity contribution < 1.29 is 22.7 Å². The number of carbonyl (C=O) groups excluding carboxylic acids is 2. The van der Waals surface area contributed by atoms with E-state index in [2.05, 4.69) is 43.9 Å². The Balaban J connectivity index is 1.58. The van der Waals surface area contributed by atoms with Gasteiger partial charge < -0.3 is 14.5 Å². The number of piperazine rings is 1. The molecule has 0 aliphatic carbocycles. The average molecular weight is 472 g/mol. The fraction of sp³-hybridized carbons (Fsp3) is 0.417. The maximum absolute atomic E-state index is 13.4. The van der Waals surface area contributed by atoms with Crippen molar-refractivity contribution >= 4 is 33.2 Å². The smallest absolute Gasteiger partial charge is 0.414 e. The molecule has 1 atom stereocenters. The van der Waals surface area contributed by atoms with Crippen molar-refractivity contribution in [3.8, 4) is 0 Å². The van der Waals surface area contributed by atoms with Crippen LogP contribution < -0.4 is 9.80 Å². The van der Waals surface area contributed by atoms with Gasteiger partial charge in [-0.15, -0.1) is 0 Å². The molecule has 2 aliphatic heterocycles. The third-order valence-corrected chi connectivity index (χ3v) is 7.38. The van der Waals surface area contributed by atoms with E-state index in [0.717, 1.165) is 11.9 Å². The van der Waals surface area contributed by atoms with Crippen LogP contribution in [0.1, 0.15) is 28.4 Å². The lowest BCUT2D eigenvalue weighted by molar-refractivity contribution is 0.0722. The third-order valence-electron chi connectivity index (χ3n) is 6.24. The van der Waals surface area contributed by atoms with Crippen LogP contribution in [0.25, 0.3) is 0 Å². The molecule has 2 aliphatic rings. The molecule has 0 aromatic heterocycles. The Morgan fingerprint density at radius 3 is 2.42 bits per heavy atom. The van der Waals surface area contributed by atoms with E-state index in [1.54, 1.807) is 11.0 Å². The van der Waals surface area contributed by atoms with Crippen LogP contribution in [0.15, 0.2) is 41.3 Å². The number of anilines is 2. The van der Waals surface area contributed by atoms with Gasteiger partial charge in [0, 0.05) is 43.3 Å². The molecular weight excluding hydrogens is 442 g/mol. The summed E-state index contributed by atoms with van der Waals surface area (Å²) in [4.78, 5) is 30.6. The molecule has 176 valence electrons. The first-order valence-corrected chi connectivity index (χ1v) is 12.9. The molecule has 2 heterocycles. The summed E-state index contributed by atoms with van der Waals surface area (Å²) in [6, 6.07) is 10.9. The Bertz CT molecular complexity index is 1210. The lowest BCUT2D eigenvalue weighted by Crippen LogP contribution is -2.54. The Morgan fingerprint density at radius 2 is 1.82 bits per heavy atom. The number of hydrogen-bond acceptors (Lipinski definition) is 6. The second-order valence-electron chi connectivity index (χ2n) is 8.80. The fourth-order valence-electron chi connectivity index (χ4n) is 4.59. The van der Waals surface area contributed by atoms with E-state index >= 15 is 0 Å². The molecule has 2 aromatic rings. The summed E-state index contributed by atoms with van der Waals surface area (Å²) in [5, 5.41) is 0. The zero-order valence-electron chi connectivity index (χ0n) is 19.4. The molecule has 2 fully saturated rings. The van der Waals surface area contributed by atoms with Gasteiger partial charge in [0.15, 0.2) is 9.84 Å². The first kappa shape index (κ1) is 23.1. The van der Waals surface area contributed by atoms with Crippen LogP contribution in [-0.4, -0.2) is 70.4 Å². The van der Waals surface area contributed by atoms with Crippen LogP contribution in [0, 0.1) is 13.8 Å². The molecule has 0 radical (unpaired) electrons. The van der Waals surface area contributed by atoms with Gasteiger partial charge in [0.2, 0.25) is 0 Å². The van der Waals surface area contributed by atoms with E-state index in [1.807, 2.05) is 0 Å². The minimum atomic E-state index is -3.70. The number of nitrogens with zero attached hydrogens (tertiary/aromatic N) is 3. The molecule has 2 saturated heterocycles. The molecule has 0 spiro atoms. The summed E-state index contributed by atoms with van der Waals surface area (Å²) in [6.45, 7) is 8.43. The van der Waals surface area contributed by atoms with Gasteiger partial charge in [-0.1, -0.05) is 17.7 Å². The number of sulfone groups is 1. The van der Waals surface area contributed by atoms with Gasteiger partial charge in [0.1, 0.15) is 6.61 Å². The average Bonchev–Trinajstić information content (AvgIpc) is 3.18. The number of carbonyl (C=O) groups is 2. The molecule has 0 bridgehead atoms. The molecule has 4 rings (SSSR count). The van der Waals surface area contributed by atoms with Crippen LogP contribution >= 0.6 is 0 Å². The number of rotatable bonds is 4. The number of amides is 2. The zero-order valence-corrected chi connectivity index (χ0v) is 20.2. The van der Waals surface area contributed by atoms with Gasteiger partial charge in [-0.25, -0.2) is 13.2 Å². The van der Waals surface area contributed by atoms with Gasteiger partial charge in [-0.3, -0.25) is 9.69 Å². The van der Waals surface area contributed by atoms with Crippen molar-refractivity contribution in [2.45, 2.75) is 31.7 Å². The Labute approximate surface area is 194 Å². The standard InChI is InChI=1S/C24H29N3O5S/c1-16-5-8-21(17(2)13-16)26-10-9-25(15-18(26)3)23(28)20-7-6-19(14-22(20)33(4,30)31)27-11-12-32-24(27)29/h5-8,13-14,18H,9-12,15H2,1-4H3. The largest absolute Gasteiger partial charge is 0.447 e. The second kappa shape index (κ2) is 8.70.